The fourth-order valence-corrected chi connectivity index (χ4v) is 3.81. The zero-order chi connectivity index (χ0) is 19.7. The van der Waals surface area contributed by atoms with Crippen molar-refractivity contribution in [2.45, 2.75) is 12.6 Å². The summed E-state index contributed by atoms with van der Waals surface area (Å²) in [7, 11) is 1.64. The third-order valence-corrected chi connectivity index (χ3v) is 5.28. The number of methoxy groups -OCH3 is 1. The first-order chi connectivity index (χ1) is 13.5. The number of rotatable bonds is 6. The minimum absolute atomic E-state index is 0.425. The molecule has 0 saturated carbocycles. The number of nitrogens with zero attached hydrogens (tertiary/aromatic N) is 1. The highest BCUT2D eigenvalue weighted by atomic mass is 35.5. The van der Waals surface area contributed by atoms with Gasteiger partial charge >= 0.3 is 0 Å². The Labute approximate surface area is 173 Å². The Hall–Kier alpha value is -2.40. The molecule has 0 fully saturated rings. The van der Waals surface area contributed by atoms with Crippen molar-refractivity contribution in [3.63, 3.8) is 0 Å². The molecule has 4 nitrogen and oxygen atoms in total. The zero-order valence-corrected chi connectivity index (χ0v) is 16.8. The van der Waals surface area contributed by atoms with Crippen molar-refractivity contribution in [2.24, 2.45) is 0 Å². The number of hydrogen-bond donors (Lipinski definition) is 2. The fraction of sp³-hybridized carbons (Fsp3) is 0.182. The first-order valence-electron chi connectivity index (χ1n) is 8.98. The molecule has 28 heavy (non-hydrogen) atoms. The van der Waals surface area contributed by atoms with E-state index >= 15 is 0 Å². The van der Waals surface area contributed by atoms with E-state index in [1.807, 2.05) is 60.7 Å². The highest BCUT2D eigenvalue weighted by Crippen LogP contribution is 2.33. The molecule has 0 amide bonds. The second kappa shape index (κ2) is 7.92. The minimum atomic E-state index is -0.577. The predicted octanol–water partition coefficient (Wildman–Crippen LogP) is 5.58. The van der Waals surface area contributed by atoms with E-state index in [1.165, 1.54) is 0 Å². The van der Waals surface area contributed by atoms with Crippen molar-refractivity contribution in [3.05, 3.63) is 70.7 Å². The second-order valence-electron chi connectivity index (χ2n) is 6.70. The minimum Gasteiger partial charge on any atom is -0.497 e. The Morgan fingerprint density at radius 3 is 2.04 bits per heavy atom. The van der Waals surface area contributed by atoms with E-state index < -0.39 is 6.10 Å². The van der Waals surface area contributed by atoms with Crippen LogP contribution >= 0.6 is 23.2 Å². The number of benzene rings is 3. The van der Waals surface area contributed by atoms with Crippen LogP contribution in [0.4, 0.5) is 5.69 Å². The Kier molecular flexibility index (Phi) is 5.36. The number of halogens is 2. The van der Waals surface area contributed by atoms with Crippen molar-refractivity contribution in [1.29, 1.82) is 0 Å². The molecule has 0 bridgehead atoms. The molecule has 144 valence electrons. The third kappa shape index (κ3) is 3.76. The van der Waals surface area contributed by atoms with E-state index in [9.17, 15) is 5.11 Å². The number of fused-ring (bicyclic) bond motifs is 3. The number of nitrogens with one attached hydrogen (secondary N) is 1. The summed E-state index contributed by atoms with van der Waals surface area (Å²) in [5, 5.41) is 17.3. The molecule has 2 N–H and O–H groups in total. The van der Waals surface area contributed by atoms with E-state index in [1.54, 1.807) is 7.11 Å². The molecule has 0 radical (unpaired) electrons. The summed E-state index contributed by atoms with van der Waals surface area (Å²) >= 11 is 12.4. The number of hydrogen-bond acceptors (Lipinski definition) is 3. The maximum Gasteiger partial charge on any atom is 0.119 e. The van der Waals surface area contributed by atoms with Crippen LogP contribution in [0.1, 0.15) is 0 Å². The van der Waals surface area contributed by atoms with E-state index in [2.05, 4.69) is 9.88 Å². The van der Waals surface area contributed by atoms with Crippen LogP contribution in [0.15, 0.2) is 60.7 Å². The van der Waals surface area contributed by atoms with Crippen molar-refractivity contribution >= 4 is 50.7 Å². The van der Waals surface area contributed by atoms with Crippen LogP contribution in [0.25, 0.3) is 21.8 Å². The van der Waals surface area contributed by atoms with Gasteiger partial charge in [0, 0.05) is 44.1 Å². The van der Waals surface area contributed by atoms with Crippen LogP contribution in [0.2, 0.25) is 10.0 Å². The summed E-state index contributed by atoms with van der Waals surface area (Å²) in [4.78, 5) is 0. The molecular formula is C22H20Cl2N2O2. The zero-order valence-electron chi connectivity index (χ0n) is 15.3. The van der Waals surface area contributed by atoms with Gasteiger partial charge in [0.25, 0.3) is 0 Å². The number of aromatic nitrogens is 1. The van der Waals surface area contributed by atoms with Gasteiger partial charge in [-0.05, 0) is 60.7 Å². The SMILES string of the molecule is COc1ccc(NC[C@@H](O)Cn2c3ccc(Cl)cc3c3cc(Cl)ccc32)cc1. The Morgan fingerprint density at radius 1 is 0.929 bits per heavy atom. The van der Waals surface area contributed by atoms with E-state index in [4.69, 9.17) is 27.9 Å². The van der Waals surface area contributed by atoms with Crippen LogP contribution in [0, 0.1) is 0 Å². The maximum atomic E-state index is 10.7. The third-order valence-electron chi connectivity index (χ3n) is 4.81. The molecule has 0 aliphatic carbocycles. The summed E-state index contributed by atoms with van der Waals surface area (Å²) in [5.41, 5.74) is 2.97. The maximum absolute atomic E-state index is 10.7. The van der Waals surface area contributed by atoms with Crippen LogP contribution in [0.3, 0.4) is 0 Å². The Bertz CT molecular complexity index is 1060. The lowest BCUT2D eigenvalue weighted by atomic mass is 10.1. The summed E-state index contributed by atoms with van der Waals surface area (Å²) in [6.07, 6.45) is -0.577. The van der Waals surface area contributed by atoms with Gasteiger partial charge in [-0.3, -0.25) is 0 Å². The summed E-state index contributed by atoms with van der Waals surface area (Å²) < 4.78 is 7.27. The lowest BCUT2D eigenvalue weighted by Crippen LogP contribution is -2.24. The first-order valence-corrected chi connectivity index (χ1v) is 9.74. The van der Waals surface area contributed by atoms with Crippen molar-refractivity contribution in [2.75, 3.05) is 19.0 Å². The molecular weight excluding hydrogens is 395 g/mol. The number of anilines is 1. The van der Waals surface area contributed by atoms with Crippen LogP contribution in [-0.2, 0) is 6.54 Å². The lowest BCUT2D eigenvalue weighted by Gasteiger charge is -2.16. The molecule has 3 aromatic carbocycles. The topological polar surface area (TPSA) is 46.4 Å². The quantitative estimate of drug-likeness (QED) is 0.432. The summed E-state index contributed by atoms with van der Waals surface area (Å²) in [6.45, 7) is 0.876. The molecule has 4 rings (SSSR count). The van der Waals surface area contributed by atoms with Gasteiger partial charge in [0.05, 0.1) is 19.8 Å². The molecule has 0 aliphatic rings. The van der Waals surface area contributed by atoms with Crippen LogP contribution < -0.4 is 10.1 Å². The summed E-state index contributed by atoms with van der Waals surface area (Å²) in [5.74, 6) is 0.800. The van der Waals surface area contributed by atoms with Crippen molar-refractivity contribution in [1.82, 2.24) is 4.57 Å². The van der Waals surface area contributed by atoms with E-state index in [0.717, 1.165) is 33.2 Å². The average molecular weight is 415 g/mol. The lowest BCUT2D eigenvalue weighted by molar-refractivity contribution is 0.169. The van der Waals surface area contributed by atoms with Crippen LogP contribution in [0.5, 0.6) is 5.75 Å². The molecule has 0 saturated heterocycles. The number of aliphatic hydroxyl groups excluding tert-OH is 1. The predicted molar refractivity (Wildman–Crippen MR) is 117 cm³/mol. The molecule has 4 aromatic rings. The van der Waals surface area contributed by atoms with Gasteiger partial charge < -0.3 is 19.7 Å². The van der Waals surface area contributed by atoms with Gasteiger partial charge in [0.2, 0.25) is 0 Å². The molecule has 0 spiro atoms. The molecule has 0 aliphatic heterocycles. The fourth-order valence-electron chi connectivity index (χ4n) is 3.47. The largest absolute Gasteiger partial charge is 0.497 e. The van der Waals surface area contributed by atoms with Gasteiger partial charge in [-0.15, -0.1) is 0 Å². The molecule has 1 aromatic heterocycles. The number of aliphatic hydroxyl groups is 1. The van der Waals surface area contributed by atoms with Crippen molar-refractivity contribution < 1.29 is 9.84 Å². The van der Waals surface area contributed by atoms with Gasteiger partial charge in [-0.1, -0.05) is 23.2 Å². The standard InChI is InChI=1S/C22H20Cl2N2O2/c1-28-18-6-4-16(5-7-18)25-12-17(27)13-26-21-8-2-14(23)10-19(21)20-11-15(24)3-9-22(20)26/h2-11,17,25,27H,12-13H2,1H3/t17-/m1/s1. The van der Waals surface area contributed by atoms with Crippen LogP contribution in [-0.4, -0.2) is 29.4 Å². The molecule has 1 heterocycles. The van der Waals surface area contributed by atoms with Gasteiger partial charge in [-0.25, -0.2) is 0 Å². The first kappa shape index (κ1) is 18.9. The summed E-state index contributed by atoms with van der Waals surface area (Å²) in [6, 6.07) is 19.2. The number of ether oxygens (including phenoxy) is 1. The van der Waals surface area contributed by atoms with Gasteiger partial charge in [0.15, 0.2) is 0 Å². The van der Waals surface area contributed by atoms with Gasteiger partial charge in [0.1, 0.15) is 5.75 Å². The van der Waals surface area contributed by atoms with E-state index in [0.29, 0.717) is 23.1 Å². The Balaban J connectivity index is 1.59. The Morgan fingerprint density at radius 2 is 1.50 bits per heavy atom. The highest BCUT2D eigenvalue weighted by Gasteiger charge is 2.14. The van der Waals surface area contributed by atoms with E-state index in [-0.39, 0.29) is 0 Å². The van der Waals surface area contributed by atoms with Crippen molar-refractivity contribution in [3.8, 4) is 5.75 Å². The average Bonchev–Trinajstić information content (AvgIpc) is 2.99. The molecule has 6 heteroatoms. The highest BCUT2D eigenvalue weighted by molar-refractivity contribution is 6.33. The second-order valence-corrected chi connectivity index (χ2v) is 7.57. The normalized spacial score (nSPS) is 12.4. The molecule has 1 atom stereocenters. The monoisotopic (exact) mass is 414 g/mol. The van der Waals surface area contributed by atoms with Gasteiger partial charge in [-0.2, -0.15) is 0 Å². The smallest absolute Gasteiger partial charge is 0.119 e. The molecule has 0 unspecified atom stereocenters.